The van der Waals surface area contributed by atoms with Crippen LogP contribution >= 0.6 is 11.3 Å². The minimum absolute atomic E-state index is 0.232. The lowest BCUT2D eigenvalue weighted by molar-refractivity contribution is -0.123. The van der Waals surface area contributed by atoms with Crippen LogP contribution in [0.1, 0.15) is 36.1 Å². The molecule has 2 aliphatic rings. The first kappa shape index (κ1) is 13.1. The zero-order chi connectivity index (χ0) is 13.3. The fourth-order valence-electron chi connectivity index (χ4n) is 3.07. The van der Waals surface area contributed by atoms with Crippen molar-refractivity contribution in [1.82, 2.24) is 15.6 Å². The van der Waals surface area contributed by atoms with Gasteiger partial charge in [-0.15, -0.1) is 11.3 Å². The zero-order valence-electron chi connectivity index (χ0n) is 11.4. The van der Waals surface area contributed by atoms with Crippen LogP contribution in [0.25, 0.3) is 0 Å². The van der Waals surface area contributed by atoms with Gasteiger partial charge in [-0.2, -0.15) is 0 Å². The smallest absolute Gasteiger partial charge is 0.224 e. The monoisotopic (exact) mass is 279 g/mol. The van der Waals surface area contributed by atoms with E-state index in [2.05, 4.69) is 22.5 Å². The number of aryl methyl sites for hydroxylation is 1. The molecule has 2 heterocycles. The van der Waals surface area contributed by atoms with Crippen LogP contribution in [0.5, 0.6) is 0 Å². The molecule has 0 aromatic carbocycles. The summed E-state index contributed by atoms with van der Waals surface area (Å²) >= 11 is 1.70. The summed E-state index contributed by atoms with van der Waals surface area (Å²) in [5, 5.41) is 7.44. The summed E-state index contributed by atoms with van der Waals surface area (Å²) in [5.41, 5.74) is 0.326. The van der Waals surface area contributed by atoms with Crippen molar-refractivity contribution in [3.05, 3.63) is 16.1 Å². The Balaban J connectivity index is 1.49. The fraction of sp³-hybridized carbons (Fsp3) is 0.714. The molecule has 1 aliphatic heterocycles. The number of rotatable bonds is 4. The number of nitrogens with zero attached hydrogens (tertiary/aromatic N) is 1. The third kappa shape index (κ3) is 2.67. The van der Waals surface area contributed by atoms with Crippen LogP contribution in [0.3, 0.4) is 0 Å². The third-order valence-electron chi connectivity index (χ3n) is 4.47. The third-order valence-corrected chi connectivity index (χ3v) is 5.61. The number of hydrogen-bond acceptors (Lipinski definition) is 4. The summed E-state index contributed by atoms with van der Waals surface area (Å²) in [6.07, 6.45) is 6.32. The maximum Gasteiger partial charge on any atom is 0.224 e. The molecule has 1 aliphatic carbocycles. The Bertz CT molecular complexity index is 465. The minimum atomic E-state index is 0.232. The van der Waals surface area contributed by atoms with E-state index in [0.29, 0.717) is 12.0 Å². The van der Waals surface area contributed by atoms with Crippen molar-refractivity contribution >= 4 is 17.2 Å². The summed E-state index contributed by atoms with van der Waals surface area (Å²) in [7, 11) is 0. The van der Waals surface area contributed by atoms with E-state index < -0.39 is 0 Å². The Morgan fingerprint density at radius 2 is 2.37 bits per heavy atom. The number of amides is 1. The molecule has 1 saturated carbocycles. The van der Waals surface area contributed by atoms with Crippen molar-refractivity contribution < 1.29 is 4.79 Å². The molecule has 0 radical (unpaired) electrons. The molecule has 3 rings (SSSR count). The Kier molecular flexibility index (Phi) is 3.58. The lowest BCUT2D eigenvalue weighted by Crippen LogP contribution is -2.33. The highest BCUT2D eigenvalue weighted by Crippen LogP contribution is 2.58. The molecule has 1 atom stereocenters. The number of thiazole rings is 1. The Labute approximate surface area is 118 Å². The van der Waals surface area contributed by atoms with Crippen LogP contribution in [0, 0.1) is 11.3 Å². The molecule has 1 saturated heterocycles. The summed E-state index contributed by atoms with van der Waals surface area (Å²) in [6, 6.07) is 0. The topological polar surface area (TPSA) is 54.0 Å². The highest BCUT2D eigenvalue weighted by molar-refractivity contribution is 7.11. The average Bonchev–Trinajstić information content (AvgIpc) is 2.93. The number of hydrogen-bond donors (Lipinski definition) is 2. The largest absolute Gasteiger partial charge is 0.349 e. The van der Waals surface area contributed by atoms with Gasteiger partial charge in [0.1, 0.15) is 5.01 Å². The predicted molar refractivity (Wildman–Crippen MR) is 76.0 cm³/mol. The molecule has 1 spiro atoms. The maximum absolute atomic E-state index is 12.2. The van der Waals surface area contributed by atoms with E-state index in [4.69, 9.17) is 0 Å². The molecule has 19 heavy (non-hydrogen) atoms. The second-order valence-corrected chi connectivity index (χ2v) is 6.86. The van der Waals surface area contributed by atoms with Gasteiger partial charge in [-0.1, -0.05) is 6.92 Å². The number of carbonyl (C=O) groups excluding carboxylic acids is 1. The van der Waals surface area contributed by atoms with Gasteiger partial charge in [0, 0.05) is 17.0 Å². The maximum atomic E-state index is 12.2. The van der Waals surface area contributed by atoms with Crippen molar-refractivity contribution in [2.24, 2.45) is 11.3 Å². The van der Waals surface area contributed by atoms with Crippen LogP contribution < -0.4 is 10.6 Å². The Morgan fingerprint density at radius 3 is 3.05 bits per heavy atom. The van der Waals surface area contributed by atoms with Crippen LogP contribution in [0.15, 0.2) is 6.20 Å². The summed E-state index contributed by atoms with van der Waals surface area (Å²) in [4.78, 5) is 17.8. The molecule has 1 amide bonds. The molecule has 5 heteroatoms. The Hall–Kier alpha value is -0.940. The van der Waals surface area contributed by atoms with E-state index in [1.807, 2.05) is 6.20 Å². The van der Waals surface area contributed by atoms with Gasteiger partial charge in [-0.3, -0.25) is 4.79 Å². The zero-order valence-corrected chi connectivity index (χ0v) is 12.2. The van der Waals surface area contributed by atoms with Gasteiger partial charge < -0.3 is 10.6 Å². The molecule has 104 valence electrons. The van der Waals surface area contributed by atoms with Crippen LogP contribution in [-0.2, 0) is 17.8 Å². The lowest BCUT2D eigenvalue weighted by Gasteiger charge is -2.23. The number of carbonyl (C=O) groups is 1. The van der Waals surface area contributed by atoms with Crippen molar-refractivity contribution in [3.8, 4) is 0 Å². The summed E-state index contributed by atoms with van der Waals surface area (Å²) in [5.74, 6) is 0.482. The first-order valence-corrected chi connectivity index (χ1v) is 7.97. The van der Waals surface area contributed by atoms with E-state index in [1.165, 1.54) is 4.88 Å². The summed E-state index contributed by atoms with van der Waals surface area (Å²) in [6.45, 7) is 4.85. The quantitative estimate of drug-likeness (QED) is 0.882. The average molecular weight is 279 g/mol. The van der Waals surface area contributed by atoms with E-state index in [1.54, 1.807) is 11.3 Å². The number of aromatic nitrogens is 1. The van der Waals surface area contributed by atoms with Crippen molar-refractivity contribution in [3.63, 3.8) is 0 Å². The highest BCUT2D eigenvalue weighted by Gasteiger charge is 2.57. The highest BCUT2D eigenvalue weighted by atomic mass is 32.1. The van der Waals surface area contributed by atoms with E-state index >= 15 is 0 Å². The molecule has 4 nitrogen and oxygen atoms in total. The van der Waals surface area contributed by atoms with E-state index in [0.717, 1.165) is 43.8 Å². The molecule has 1 aromatic heterocycles. The molecule has 1 unspecified atom stereocenters. The fourth-order valence-corrected chi connectivity index (χ4v) is 3.88. The Morgan fingerprint density at radius 1 is 1.58 bits per heavy atom. The van der Waals surface area contributed by atoms with Crippen molar-refractivity contribution in [1.29, 1.82) is 0 Å². The van der Waals surface area contributed by atoms with Gasteiger partial charge in [-0.05, 0) is 44.2 Å². The second kappa shape index (κ2) is 5.21. The van der Waals surface area contributed by atoms with Gasteiger partial charge >= 0.3 is 0 Å². The van der Waals surface area contributed by atoms with Crippen molar-refractivity contribution in [2.75, 3.05) is 13.1 Å². The van der Waals surface area contributed by atoms with Gasteiger partial charge in [0.2, 0.25) is 5.91 Å². The van der Waals surface area contributed by atoms with Gasteiger partial charge in [0.15, 0.2) is 0 Å². The first-order valence-electron chi connectivity index (χ1n) is 7.15. The normalized spacial score (nSPS) is 24.4. The van der Waals surface area contributed by atoms with Crippen LogP contribution in [0.2, 0.25) is 0 Å². The molecular weight excluding hydrogens is 258 g/mol. The first-order chi connectivity index (χ1) is 9.23. The van der Waals surface area contributed by atoms with Crippen LogP contribution in [-0.4, -0.2) is 24.0 Å². The standard InChI is InChI=1S/C14H21N3OS/c1-2-10-8-16-12(19-10)9-17-13(18)11-7-14(11)3-5-15-6-4-14/h8,11,15H,2-7,9H2,1H3,(H,17,18). The van der Waals surface area contributed by atoms with Crippen molar-refractivity contribution in [2.45, 2.75) is 39.2 Å². The molecule has 2 N–H and O–H groups in total. The van der Waals surface area contributed by atoms with E-state index in [-0.39, 0.29) is 11.8 Å². The molecule has 2 fully saturated rings. The molecular formula is C14H21N3OS. The van der Waals surface area contributed by atoms with Gasteiger partial charge in [-0.25, -0.2) is 4.98 Å². The van der Waals surface area contributed by atoms with Gasteiger partial charge in [0.25, 0.3) is 0 Å². The lowest BCUT2D eigenvalue weighted by atomic mass is 9.92. The molecule has 1 aromatic rings. The molecule has 0 bridgehead atoms. The van der Waals surface area contributed by atoms with E-state index in [9.17, 15) is 4.79 Å². The SMILES string of the molecule is CCc1cnc(CNC(=O)C2CC23CCNCC3)s1. The predicted octanol–water partition coefficient (Wildman–Crippen LogP) is 1.71. The van der Waals surface area contributed by atoms with Crippen LogP contribution in [0.4, 0.5) is 0 Å². The minimum Gasteiger partial charge on any atom is -0.349 e. The second-order valence-electron chi connectivity index (χ2n) is 5.66. The summed E-state index contributed by atoms with van der Waals surface area (Å²) < 4.78 is 0. The number of piperidine rings is 1. The van der Waals surface area contributed by atoms with Gasteiger partial charge in [0.05, 0.1) is 6.54 Å². The number of nitrogens with one attached hydrogen (secondary N) is 2.